The van der Waals surface area contributed by atoms with Gasteiger partial charge in [0.1, 0.15) is 16.4 Å². The maximum absolute atomic E-state index is 13.5. The molecule has 0 aromatic heterocycles. The molecule has 8 nitrogen and oxygen atoms in total. The molecule has 2 aromatic carbocycles. The molecule has 1 heterocycles. The van der Waals surface area contributed by atoms with Gasteiger partial charge in [-0.25, -0.2) is 8.42 Å². The van der Waals surface area contributed by atoms with E-state index in [2.05, 4.69) is 18.7 Å². The highest BCUT2D eigenvalue weighted by molar-refractivity contribution is 7.89. The summed E-state index contributed by atoms with van der Waals surface area (Å²) in [6.45, 7) is 10.1. The number of nitro groups is 1. The second-order valence-electron chi connectivity index (χ2n) is 8.39. The Morgan fingerprint density at radius 2 is 1.69 bits per heavy atom. The van der Waals surface area contributed by atoms with Gasteiger partial charge >= 0.3 is 0 Å². The van der Waals surface area contributed by atoms with Gasteiger partial charge in [0.2, 0.25) is 10.0 Å². The lowest BCUT2D eigenvalue weighted by Gasteiger charge is -2.37. The second kappa shape index (κ2) is 9.97. The first-order valence-electron chi connectivity index (χ1n) is 10.9. The molecule has 9 heteroatoms. The lowest BCUT2D eigenvalue weighted by molar-refractivity contribution is -0.385. The minimum Gasteiger partial charge on any atom is -0.456 e. The van der Waals surface area contributed by atoms with Crippen LogP contribution in [0.15, 0.2) is 41.3 Å². The summed E-state index contributed by atoms with van der Waals surface area (Å²) in [4.78, 5) is 12.9. The van der Waals surface area contributed by atoms with E-state index >= 15 is 0 Å². The normalized spacial score (nSPS) is 16.6. The number of aryl methyl sites for hydroxylation is 2. The molecular formula is C23H31N3O5S. The van der Waals surface area contributed by atoms with Crippen molar-refractivity contribution in [1.82, 2.24) is 9.21 Å². The highest BCUT2D eigenvalue weighted by Gasteiger charge is 2.33. The topological polar surface area (TPSA) is 93.0 Å². The Morgan fingerprint density at radius 1 is 1.06 bits per heavy atom. The van der Waals surface area contributed by atoms with Crippen LogP contribution >= 0.6 is 0 Å². The maximum Gasteiger partial charge on any atom is 0.271 e. The Balaban J connectivity index is 1.92. The molecule has 1 aliphatic heterocycles. The molecule has 1 aliphatic rings. The van der Waals surface area contributed by atoms with E-state index in [0.717, 1.165) is 30.0 Å². The SMILES string of the molecule is CCCC(C)N1CCN(S(=O)(=O)c2cc([N+](=O)[O-])ccc2Oc2cc(C)cc(C)c2)CC1. The van der Waals surface area contributed by atoms with Crippen molar-refractivity contribution in [1.29, 1.82) is 0 Å². The number of nitrogens with zero attached hydrogens (tertiary/aromatic N) is 3. The molecule has 2 aromatic rings. The number of non-ortho nitro benzene ring substituents is 1. The first-order chi connectivity index (χ1) is 15.1. The summed E-state index contributed by atoms with van der Waals surface area (Å²) in [6, 6.07) is 9.71. The van der Waals surface area contributed by atoms with Gasteiger partial charge in [0, 0.05) is 44.4 Å². The Hall–Kier alpha value is -2.49. The van der Waals surface area contributed by atoms with Gasteiger partial charge in [0.15, 0.2) is 0 Å². The second-order valence-corrected chi connectivity index (χ2v) is 10.3. The summed E-state index contributed by atoms with van der Waals surface area (Å²) in [5, 5.41) is 11.3. The lowest BCUT2D eigenvalue weighted by Crippen LogP contribution is -2.51. The standard InChI is InChI=1S/C23H31N3O5S/c1-5-6-19(4)24-9-11-25(12-10-24)32(29,30)23-16-20(26(27)28)7-8-22(23)31-21-14-17(2)13-18(3)15-21/h7-8,13-16,19H,5-6,9-12H2,1-4H3. The average molecular weight is 462 g/mol. The van der Waals surface area contributed by atoms with Crippen LogP contribution < -0.4 is 4.74 Å². The van der Waals surface area contributed by atoms with Crippen LogP contribution in [-0.2, 0) is 10.0 Å². The largest absolute Gasteiger partial charge is 0.456 e. The number of sulfonamides is 1. The third kappa shape index (κ3) is 5.46. The fraction of sp³-hybridized carbons (Fsp3) is 0.478. The summed E-state index contributed by atoms with van der Waals surface area (Å²) in [7, 11) is -3.97. The molecule has 1 fully saturated rings. The predicted octanol–water partition coefficient (Wildman–Crippen LogP) is 4.50. The molecule has 0 bridgehead atoms. The Morgan fingerprint density at radius 3 is 2.25 bits per heavy atom. The zero-order valence-electron chi connectivity index (χ0n) is 19.1. The Kier molecular flexibility index (Phi) is 7.53. The monoisotopic (exact) mass is 461 g/mol. The molecule has 0 saturated carbocycles. The lowest BCUT2D eigenvalue weighted by atomic mass is 10.1. The molecule has 0 spiro atoms. The van der Waals surface area contributed by atoms with Crippen LogP contribution in [0.4, 0.5) is 5.69 Å². The van der Waals surface area contributed by atoms with Gasteiger partial charge in [0.25, 0.3) is 5.69 Å². The highest BCUT2D eigenvalue weighted by atomic mass is 32.2. The van der Waals surface area contributed by atoms with Crippen LogP contribution in [0.5, 0.6) is 11.5 Å². The summed E-state index contributed by atoms with van der Waals surface area (Å²) in [5.41, 5.74) is 1.67. The third-order valence-electron chi connectivity index (χ3n) is 5.78. The van der Waals surface area contributed by atoms with E-state index in [1.807, 2.05) is 19.9 Å². The minimum atomic E-state index is -3.97. The molecule has 32 heavy (non-hydrogen) atoms. The molecule has 1 atom stereocenters. The van der Waals surface area contributed by atoms with Crippen LogP contribution in [0, 0.1) is 24.0 Å². The molecule has 0 radical (unpaired) electrons. The van der Waals surface area contributed by atoms with Gasteiger partial charge in [-0.1, -0.05) is 19.4 Å². The van der Waals surface area contributed by atoms with Gasteiger partial charge in [0.05, 0.1) is 4.92 Å². The zero-order chi connectivity index (χ0) is 23.5. The van der Waals surface area contributed by atoms with E-state index < -0.39 is 14.9 Å². The van der Waals surface area contributed by atoms with Gasteiger partial charge in [-0.2, -0.15) is 4.31 Å². The van der Waals surface area contributed by atoms with Crippen molar-refractivity contribution in [2.75, 3.05) is 26.2 Å². The van der Waals surface area contributed by atoms with Crippen molar-refractivity contribution in [3.05, 3.63) is 57.6 Å². The number of rotatable bonds is 8. The van der Waals surface area contributed by atoms with Crippen LogP contribution in [-0.4, -0.2) is 54.8 Å². The first-order valence-corrected chi connectivity index (χ1v) is 12.3. The van der Waals surface area contributed by atoms with Crippen LogP contribution in [0.2, 0.25) is 0 Å². The highest BCUT2D eigenvalue weighted by Crippen LogP contribution is 2.35. The van der Waals surface area contributed by atoms with Crippen molar-refractivity contribution >= 4 is 15.7 Å². The smallest absolute Gasteiger partial charge is 0.271 e. The van der Waals surface area contributed by atoms with E-state index in [0.29, 0.717) is 38.0 Å². The van der Waals surface area contributed by atoms with Gasteiger partial charge in [-0.15, -0.1) is 0 Å². The third-order valence-corrected chi connectivity index (χ3v) is 7.70. The minimum absolute atomic E-state index is 0.0855. The number of piperazine rings is 1. The van der Waals surface area contributed by atoms with E-state index in [4.69, 9.17) is 4.74 Å². The molecule has 0 aliphatic carbocycles. The van der Waals surface area contributed by atoms with Crippen molar-refractivity contribution in [2.45, 2.75) is 51.5 Å². The van der Waals surface area contributed by atoms with Crippen LogP contribution in [0.1, 0.15) is 37.8 Å². The van der Waals surface area contributed by atoms with Gasteiger partial charge in [-0.3, -0.25) is 15.0 Å². The molecule has 174 valence electrons. The van der Waals surface area contributed by atoms with Gasteiger partial charge < -0.3 is 4.74 Å². The summed E-state index contributed by atoms with van der Waals surface area (Å²) in [6.07, 6.45) is 2.14. The van der Waals surface area contributed by atoms with Crippen LogP contribution in [0.3, 0.4) is 0 Å². The van der Waals surface area contributed by atoms with Crippen molar-refractivity contribution in [3.8, 4) is 11.5 Å². The first kappa shape index (κ1) is 24.2. The van der Waals surface area contributed by atoms with E-state index in [-0.39, 0.29) is 16.3 Å². The molecule has 1 saturated heterocycles. The summed E-state index contributed by atoms with van der Waals surface area (Å²) in [5.74, 6) is 0.577. The van der Waals surface area contributed by atoms with Crippen molar-refractivity contribution in [3.63, 3.8) is 0 Å². The zero-order valence-corrected chi connectivity index (χ0v) is 19.9. The molecule has 0 amide bonds. The van der Waals surface area contributed by atoms with Crippen molar-refractivity contribution in [2.24, 2.45) is 0 Å². The maximum atomic E-state index is 13.5. The summed E-state index contributed by atoms with van der Waals surface area (Å²) >= 11 is 0. The van der Waals surface area contributed by atoms with E-state index in [1.54, 1.807) is 12.1 Å². The van der Waals surface area contributed by atoms with Crippen molar-refractivity contribution < 1.29 is 18.1 Å². The molecule has 0 N–H and O–H groups in total. The quantitative estimate of drug-likeness (QED) is 0.424. The predicted molar refractivity (Wildman–Crippen MR) is 124 cm³/mol. The fourth-order valence-electron chi connectivity index (χ4n) is 4.14. The number of nitro benzene ring substituents is 1. The summed E-state index contributed by atoms with van der Waals surface area (Å²) < 4.78 is 34.4. The Labute approximate surface area is 190 Å². The molecule has 1 unspecified atom stereocenters. The van der Waals surface area contributed by atoms with E-state index in [1.165, 1.54) is 16.4 Å². The molecule has 3 rings (SSSR count). The van der Waals surface area contributed by atoms with E-state index in [9.17, 15) is 18.5 Å². The van der Waals surface area contributed by atoms with Gasteiger partial charge in [-0.05, 0) is 56.5 Å². The fourth-order valence-corrected chi connectivity index (χ4v) is 5.69. The number of benzene rings is 2. The molecular weight excluding hydrogens is 430 g/mol. The number of ether oxygens (including phenoxy) is 1. The average Bonchev–Trinajstić information content (AvgIpc) is 2.73. The van der Waals surface area contributed by atoms with Crippen LogP contribution in [0.25, 0.3) is 0 Å². The number of hydrogen-bond donors (Lipinski definition) is 0. The Bertz CT molecular complexity index is 1060. The number of hydrogen-bond acceptors (Lipinski definition) is 6.